The van der Waals surface area contributed by atoms with Gasteiger partial charge in [0.05, 0.1) is 0 Å². The van der Waals surface area contributed by atoms with Gasteiger partial charge in [-0.3, -0.25) is 9.59 Å². The van der Waals surface area contributed by atoms with Gasteiger partial charge in [0.1, 0.15) is 0 Å². The number of hydrogen-bond acceptors (Lipinski definition) is 2. The minimum atomic E-state index is 0.00405. The van der Waals surface area contributed by atoms with Crippen molar-refractivity contribution in [2.75, 3.05) is 13.6 Å². The van der Waals surface area contributed by atoms with Crippen LogP contribution in [0.15, 0.2) is 48.5 Å². The lowest BCUT2D eigenvalue weighted by molar-refractivity contribution is -0.128. The molecule has 2 amide bonds. The number of likely N-dealkylation sites (tertiary alicyclic amines) is 1. The van der Waals surface area contributed by atoms with Crippen LogP contribution in [-0.4, -0.2) is 35.2 Å². The van der Waals surface area contributed by atoms with Crippen molar-refractivity contribution in [1.29, 1.82) is 0 Å². The smallest absolute Gasteiger partial charge is 0.253 e. The molecule has 0 unspecified atom stereocenters. The fourth-order valence-electron chi connectivity index (χ4n) is 3.10. The standard InChI is InChI=1S/C21H24N2O2/c1-16-5-7-17(8-6-16)14-22(2)21(25)19-11-9-18(10-12-19)15-23-13-3-4-20(23)24/h5-12H,3-4,13-15H2,1-2H3. The zero-order valence-corrected chi connectivity index (χ0v) is 14.9. The van der Waals surface area contributed by atoms with Crippen LogP contribution < -0.4 is 0 Å². The molecule has 4 nitrogen and oxygen atoms in total. The quantitative estimate of drug-likeness (QED) is 0.840. The summed E-state index contributed by atoms with van der Waals surface area (Å²) in [6.45, 7) is 4.10. The Balaban J connectivity index is 1.61. The van der Waals surface area contributed by atoms with E-state index in [4.69, 9.17) is 0 Å². The summed E-state index contributed by atoms with van der Waals surface area (Å²) in [5.41, 5.74) is 4.06. The summed E-state index contributed by atoms with van der Waals surface area (Å²) < 4.78 is 0. The predicted molar refractivity (Wildman–Crippen MR) is 98.1 cm³/mol. The maximum Gasteiger partial charge on any atom is 0.253 e. The maximum atomic E-state index is 12.6. The molecular weight excluding hydrogens is 312 g/mol. The molecule has 2 aromatic rings. The van der Waals surface area contributed by atoms with Gasteiger partial charge in [-0.1, -0.05) is 42.0 Å². The molecule has 1 heterocycles. The highest BCUT2D eigenvalue weighted by molar-refractivity contribution is 5.94. The molecule has 130 valence electrons. The van der Waals surface area contributed by atoms with Gasteiger partial charge < -0.3 is 9.80 Å². The largest absolute Gasteiger partial charge is 0.338 e. The van der Waals surface area contributed by atoms with E-state index in [-0.39, 0.29) is 11.8 Å². The van der Waals surface area contributed by atoms with E-state index in [1.807, 2.05) is 36.2 Å². The second kappa shape index (κ2) is 7.51. The zero-order chi connectivity index (χ0) is 17.8. The molecule has 2 aromatic carbocycles. The zero-order valence-electron chi connectivity index (χ0n) is 14.9. The molecule has 0 aromatic heterocycles. The van der Waals surface area contributed by atoms with E-state index < -0.39 is 0 Å². The molecule has 4 heteroatoms. The summed E-state index contributed by atoms with van der Waals surface area (Å²) >= 11 is 0. The van der Waals surface area contributed by atoms with Crippen LogP contribution in [0.5, 0.6) is 0 Å². The first-order valence-corrected chi connectivity index (χ1v) is 8.70. The fourth-order valence-corrected chi connectivity index (χ4v) is 3.10. The van der Waals surface area contributed by atoms with E-state index >= 15 is 0 Å². The second-order valence-electron chi connectivity index (χ2n) is 6.76. The number of nitrogens with zero attached hydrogens (tertiary/aromatic N) is 2. The molecule has 0 saturated carbocycles. The number of carbonyl (C=O) groups is 2. The SMILES string of the molecule is Cc1ccc(CN(C)C(=O)c2ccc(CN3CCCC3=O)cc2)cc1. The summed E-state index contributed by atoms with van der Waals surface area (Å²) in [4.78, 5) is 27.9. The molecule has 0 radical (unpaired) electrons. The van der Waals surface area contributed by atoms with Crippen LogP contribution in [-0.2, 0) is 17.9 Å². The van der Waals surface area contributed by atoms with Gasteiger partial charge in [-0.25, -0.2) is 0 Å². The van der Waals surface area contributed by atoms with Crippen molar-refractivity contribution in [2.24, 2.45) is 0 Å². The van der Waals surface area contributed by atoms with Crippen molar-refractivity contribution < 1.29 is 9.59 Å². The third kappa shape index (κ3) is 4.27. The third-order valence-corrected chi connectivity index (χ3v) is 4.63. The van der Waals surface area contributed by atoms with Crippen LogP contribution in [0.3, 0.4) is 0 Å². The maximum absolute atomic E-state index is 12.6. The van der Waals surface area contributed by atoms with Crippen LogP contribution in [0.25, 0.3) is 0 Å². The summed E-state index contributed by atoms with van der Waals surface area (Å²) in [7, 11) is 1.82. The molecule has 0 N–H and O–H groups in total. The molecule has 1 fully saturated rings. The van der Waals surface area contributed by atoms with Gasteiger partial charge in [0.2, 0.25) is 5.91 Å². The van der Waals surface area contributed by atoms with Gasteiger partial charge in [-0.2, -0.15) is 0 Å². The van der Waals surface area contributed by atoms with Crippen molar-refractivity contribution in [3.8, 4) is 0 Å². The second-order valence-corrected chi connectivity index (χ2v) is 6.76. The number of hydrogen-bond donors (Lipinski definition) is 0. The molecular formula is C21H24N2O2. The van der Waals surface area contributed by atoms with Gasteiger partial charge in [0, 0.05) is 38.7 Å². The van der Waals surface area contributed by atoms with Crippen LogP contribution in [0.4, 0.5) is 0 Å². The van der Waals surface area contributed by atoms with Gasteiger partial charge >= 0.3 is 0 Å². The number of carbonyl (C=O) groups excluding carboxylic acids is 2. The first kappa shape index (κ1) is 17.2. The highest BCUT2D eigenvalue weighted by Crippen LogP contribution is 2.16. The Kier molecular flexibility index (Phi) is 5.17. The van der Waals surface area contributed by atoms with Crippen molar-refractivity contribution >= 4 is 11.8 Å². The number of amides is 2. The fraction of sp³-hybridized carbons (Fsp3) is 0.333. The van der Waals surface area contributed by atoms with E-state index in [2.05, 4.69) is 31.2 Å². The Hall–Kier alpha value is -2.62. The van der Waals surface area contributed by atoms with E-state index in [0.29, 0.717) is 25.1 Å². The lowest BCUT2D eigenvalue weighted by Crippen LogP contribution is -2.26. The summed E-state index contributed by atoms with van der Waals surface area (Å²) in [6, 6.07) is 15.8. The Labute approximate surface area is 149 Å². The highest BCUT2D eigenvalue weighted by Gasteiger charge is 2.20. The first-order chi connectivity index (χ1) is 12.0. The van der Waals surface area contributed by atoms with Crippen LogP contribution in [0, 0.1) is 6.92 Å². The van der Waals surface area contributed by atoms with Crippen molar-refractivity contribution in [1.82, 2.24) is 9.80 Å². The minimum absolute atomic E-state index is 0.00405. The molecule has 1 saturated heterocycles. The Bertz CT molecular complexity index is 750. The molecule has 1 aliphatic rings. The molecule has 25 heavy (non-hydrogen) atoms. The van der Waals surface area contributed by atoms with E-state index in [1.54, 1.807) is 4.90 Å². The van der Waals surface area contributed by atoms with Gasteiger partial charge in [-0.05, 0) is 36.6 Å². The molecule has 0 aliphatic carbocycles. The van der Waals surface area contributed by atoms with E-state index in [1.165, 1.54) is 5.56 Å². The van der Waals surface area contributed by atoms with Crippen molar-refractivity contribution in [2.45, 2.75) is 32.9 Å². The normalized spacial score (nSPS) is 14.0. The summed E-state index contributed by atoms with van der Waals surface area (Å²) in [5.74, 6) is 0.224. The van der Waals surface area contributed by atoms with E-state index in [9.17, 15) is 9.59 Å². The Morgan fingerprint density at radius 2 is 1.68 bits per heavy atom. The van der Waals surface area contributed by atoms with Crippen LogP contribution in [0.2, 0.25) is 0 Å². The highest BCUT2D eigenvalue weighted by atomic mass is 16.2. The molecule has 0 bridgehead atoms. The molecule has 3 rings (SSSR count). The minimum Gasteiger partial charge on any atom is -0.338 e. The van der Waals surface area contributed by atoms with Gasteiger partial charge in [-0.15, -0.1) is 0 Å². The van der Waals surface area contributed by atoms with Gasteiger partial charge in [0.25, 0.3) is 5.91 Å². The van der Waals surface area contributed by atoms with Gasteiger partial charge in [0.15, 0.2) is 0 Å². The summed E-state index contributed by atoms with van der Waals surface area (Å²) in [6.07, 6.45) is 1.60. The first-order valence-electron chi connectivity index (χ1n) is 8.70. The van der Waals surface area contributed by atoms with E-state index in [0.717, 1.165) is 24.1 Å². The average Bonchev–Trinajstić information content (AvgIpc) is 3.02. The average molecular weight is 336 g/mol. The molecule has 1 aliphatic heterocycles. The summed E-state index contributed by atoms with van der Waals surface area (Å²) in [5, 5.41) is 0. The third-order valence-electron chi connectivity index (χ3n) is 4.63. The molecule has 0 atom stereocenters. The lowest BCUT2D eigenvalue weighted by atomic mass is 10.1. The Morgan fingerprint density at radius 3 is 2.28 bits per heavy atom. The molecule has 0 spiro atoms. The topological polar surface area (TPSA) is 40.6 Å². The number of benzene rings is 2. The van der Waals surface area contributed by atoms with Crippen molar-refractivity contribution in [3.63, 3.8) is 0 Å². The lowest BCUT2D eigenvalue weighted by Gasteiger charge is -2.18. The monoisotopic (exact) mass is 336 g/mol. The number of rotatable bonds is 5. The van der Waals surface area contributed by atoms with Crippen molar-refractivity contribution in [3.05, 3.63) is 70.8 Å². The number of aryl methyl sites for hydroxylation is 1. The van der Waals surface area contributed by atoms with Crippen LogP contribution in [0.1, 0.15) is 39.9 Å². The predicted octanol–water partition coefficient (Wildman–Crippen LogP) is 3.39. The Morgan fingerprint density at radius 1 is 1.04 bits per heavy atom. The van der Waals surface area contributed by atoms with Crippen LogP contribution >= 0.6 is 0 Å².